The summed E-state index contributed by atoms with van der Waals surface area (Å²) in [5.41, 5.74) is 7.26. The number of nitrogens with two attached hydrogens (primary N) is 1. The summed E-state index contributed by atoms with van der Waals surface area (Å²) in [6.45, 7) is 1.86. The molecule has 0 saturated carbocycles. The van der Waals surface area contributed by atoms with Crippen molar-refractivity contribution in [2.45, 2.75) is 25.8 Å². The molecule has 0 spiro atoms. The molecule has 0 bridgehead atoms. The maximum absolute atomic E-state index is 11.5. The number of nitrogen functional groups attached to an aromatic ring is 1. The molecule has 1 atom stereocenters. The van der Waals surface area contributed by atoms with Crippen molar-refractivity contribution in [1.82, 2.24) is 10.3 Å². The van der Waals surface area contributed by atoms with Crippen molar-refractivity contribution in [2.24, 2.45) is 0 Å². The van der Waals surface area contributed by atoms with E-state index in [1.165, 1.54) is 0 Å². The second-order valence-electron chi connectivity index (χ2n) is 4.07. The minimum absolute atomic E-state index is 0.232. The molecular formula is C11H14N4O2. The van der Waals surface area contributed by atoms with Crippen molar-refractivity contribution < 1.29 is 9.59 Å². The van der Waals surface area contributed by atoms with Crippen molar-refractivity contribution in [3.8, 4) is 0 Å². The SMILES string of the molecule is Cc1cnc(NC2CCC(=O)NC2=O)cc1N. The number of aryl methyl sites for hydroxylation is 1. The number of hydrogen-bond donors (Lipinski definition) is 3. The molecule has 1 aromatic heterocycles. The highest BCUT2D eigenvalue weighted by atomic mass is 16.2. The van der Waals surface area contributed by atoms with Crippen LogP contribution in [-0.4, -0.2) is 22.8 Å². The summed E-state index contributed by atoms with van der Waals surface area (Å²) in [7, 11) is 0. The normalized spacial score (nSPS) is 19.9. The van der Waals surface area contributed by atoms with E-state index in [1.807, 2.05) is 6.92 Å². The zero-order valence-corrected chi connectivity index (χ0v) is 9.49. The van der Waals surface area contributed by atoms with Gasteiger partial charge in [0.25, 0.3) is 0 Å². The Kier molecular flexibility index (Phi) is 2.95. The summed E-state index contributed by atoms with van der Waals surface area (Å²) in [4.78, 5) is 26.6. The molecule has 0 radical (unpaired) electrons. The van der Waals surface area contributed by atoms with Crippen LogP contribution < -0.4 is 16.4 Å². The van der Waals surface area contributed by atoms with Gasteiger partial charge in [0.15, 0.2) is 0 Å². The monoisotopic (exact) mass is 234 g/mol. The molecule has 90 valence electrons. The van der Waals surface area contributed by atoms with Crippen molar-refractivity contribution in [2.75, 3.05) is 11.1 Å². The predicted molar refractivity (Wildman–Crippen MR) is 63.2 cm³/mol. The number of piperidine rings is 1. The number of rotatable bonds is 2. The molecule has 0 aliphatic carbocycles. The number of amides is 2. The Hall–Kier alpha value is -2.11. The molecule has 2 amide bonds. The van der Waals surface area contributed by atoms with Crippen LogP contribution in [-0.2, 0) is 9.59 Å². The number of nitrogens with one attached hydrogen (secondary N) is 2. The van der Waals surface area contributed by atoms with Gasteiger partial charge in [-0.2, -0.15) is 0 Å². The predicted octanol–water partition coefficient (Wildman–Crippen LogP) is 0.189. The summed E-state index contributed by atoms with van der Waals surface area (Å²) in [5.74, 6) is -0.00535. The van der Waals surface area contributed by atoms with Crippen LogP contribution >= 0.6 is 0 Å². The minimum atomic E-state index is -0.428. The number of hydrogen-bond acceptors (Lipinski definition) is 5. The Morgan fingerprint density at radius 3 is 2.94 bits per heavy atom. The zero-order chi connectivity index (χ0) is 12.4. The first-order chi connectivity index (χ1) is 8.06. The number of carbonyl (C=O) groups is 2. The van der Waals surface area contributed by atoms with E-state index in [1.54, 1.807) is 12.3 Å². The Balaban J connectivity index is 2.08. The van der Waals surface area contributed by atoms with E-state index in [0.717, 1.165) is 5.56 Å². The summed E-state index contributed by atoms with van der Waals surface area (Å²) in [6, 6.07) is 1.25. The summed E-state index contributed by atoms with van der Waals surface area (Å²) in [5, 5.41) is 5.24. The van der Waals surface area contributed by atoms with Gasteiger partial charge in [-0.15, -0.1) is 0 Å². The summed E-state index contributed by atoms with van der Waals surface area (Å²) in [6.07, 6.45) is 2.45. The molecule has 1 fully saturated rings. The lowest BCUT2D eigenvalue weighted by atomic mass is 10.1. The number of anilines is 2. The molecule has 2 rings (SSSR count). The van der Waals surface area contributed by atoms with Gasteiger partial charge in [0.2, 0.25) is 11.8 Å². The van der Waals surface area contributed by atoms with Gasteiger partial charge in [-0.1, -0.05) is 0 Å². The molecule has 0 aromatic carbocycles. The lowest BCUT2D eigenvalue weighted by Gasteiger charge is -2.22. The Morgan fingerprint density at radius 2 is 2.29 bits per heavy atom. The molecule has 6 heteroatoms. The van der Waals surface area contributed by atoms with Crippen LogP contribution in [0.25, 0.3) is 0 Å². The maximum atomic E-state index is 11.5. The van der Waals surface area contributed by atoms with Gasteiger partial charge in [0, 0.05) is 24.4 Å². The van der Waals surface area contributed by atoms with Gasteiger partial charge in [0.1, 0.15) is 11.9 Å². The maximum Gasteiger partial charge on any atom is 0.249 e. The Morgan fingerprint density at radius 1 is 1.53 bits per heavy atom. The van der Waals surface area contributed by atoms with Gasteiger partial charge in [-0.05, 0) is 18.9 Å². The Labute approximate surface area is 98.6 Å². The molecular weight excluding hydrogens is 220 g/mol. The summed E-state index contributed by atoms with van der Waals surface area (Å²) >= 11 is 0. The van der Waals surface area contributed by atoms with Crippen LogP contribution in [0.15, 0.2) is 12.3 Å². The van der Waals surface area contributed by atoms with Crippen molar-refractivity contribution in [3.63, 3.8) is 0 Å². The van der Waals surface area contributed by atoms with Crippen molar-refractivity contribution in [1.29, 1.82) is 0 Å². The van der Waals surface area contributed by atoms with Crippen LogP contribution in [0.4, 0.5) is 11.5 Å². The number of aromatic nitrogens is 1. The minimum Gasteiger partial charge on any atom is -0.398 e. The third kappa shape index (κ3) is 2.52. The fraction of sp³-hybridized carbons (Fsp3) is 0.364. The largest absolute Gasteiger partial charge is 0.398 e. The highest BCUT2D eigenvalue weighted by Crippen LogP contribution is 2.16. The quantitative estimate of drug-likeness (QED) is 0.635. The van der Waals surface area contributed by atoms with E-state index in [9.17, 15) is 9.59 Å². The number of carbonyl (C=O) groups excluding carboxylic acids is 2. The molecule has 4 N–H and O–H groups in total. The number of imide groups is 1. The van der Waals surface area contributed by atoms with Crippen LogP contribution in [0.1, 0.15) is 18.4 Å². The van der Waals surface area contributed by atoms with E-state index < -0.39 is 6.04 Å². The molecule has 1 aromatic rings. The van der Waals surface area contributed by atoms with Crippen LogP contribution in [0.5, 0.6) is 0 Å². The van der Waals surface area contributed by atoms with Gasteiger partial charge >= 0.3 is 0 Å². The number of pyridine rings is 1. The van der Waals surface area contributed by atoms with Gasteiger partial charge < -0.3 is 11.1 Å². The highest BCUT2D eigenvalue weighted by molar-refractivity contribution is 6.01. The second-order valence-corrected chi connectivity index (χ2v) is 4.07. The van der Waals surface area contributed by atoms with Crippen LogP contribution in [0.3, 0.4) is 0 Å². The molecule has 6 nitrogen and oxygen atoms in total. The van der Waals surface area contributed by atoms with Gasteiger partial charge in [-0.3, -0.25) is 14.9 Å². The van der Waals surface area contributed by atoms with Gasteiger partial charge in [-0.25, -0.2) is 4.98 Å². The molecule has 1 aliphatic heterocycles. The molecule has 1 unspecified atom stereocenters. The average molecular weight is 234 g/mol. The van der Waals surface area contributed by atoms with E-state index in [0.29, 0.717) is 24.3 Å². The summed E-state index contributed by atoms with van der Waals surface area (Å²) < 4.78 is 0. The van der Waals surface area contributed by atoms with E-state index in [4.69, 9.17) is 5.73 Å². The first-order valence-corrected chi connectivity index (χ1v) is 5.38. The number of nitrogens with zero attached hydrogens (tertiary/aromatic N) is 1. The van der Waals surface area contributed by atoms with E-state index in [2.05, 4.69) is 15.6 Å². The first kappa shape index (κ1) is 11.4. The van der Waals surface area contributed by atoms with Gasteiger partial charge in [0.05, 0.1) is 0 Å². The zero-order valence-electron chi connectivity index (χ0n) is 9.49. The Bertz CT molecular complexity index is 473. The highest BCUT2D eigenvalue weighted by Gasteiger charge is 2.26. The lowest BCUT2D eigenvalue weighted by molar-refractivity contribution is -0.133. The van der Waals surface area contributed by atoms with Crippen molar-refractivity contribution in [3.05, 3.63) is 17.8 Å². The van der Waals surface area contributed by atoms with Crippen molar-refractivity contribution >= 4 is 23.3 Å². The molecule has 1 aliphatic rings. The third-order valence-electron chi connectivity index (χ3n) is 2.71. The molecule has 2 heterocycles. The fourth-order valence-electron chi connectivity index (χ4n) is 1.63. The molecule has 1 saturated heterocycles. The van der Waals surface area contributed by atoms with E-state index >= 15 is 0 Å². The molecule has 17 heavy (non-hydrogen) atoms. The van der Waals surface area contributed by atoms with Crippen LogP contribution in [0.2, 0.25) is 0 Å². The average Bonchev–Trinajstić information content (AvgIpc) is 2.27. The lowest BCUT2D eigenvalue weighted by Crippen LogP contribution is -2.47. The first-order valence-electron chi connectivity index (χ1n) is 5.38. The standard InChI is InChI=1S/C11H14N4O2/c1-6-5-13-9(4-7(6)12)14-8-2-3-10(16)15-11(8)17/h4-5,8H,2-3H2,1H3,(H3,12,13,14)(H,15,16,17). The topological polar surface area (TPSA) is 97.1 Å². The smallest absolute Gasteiger partial charge is 0.249 e. The van der Waals surface area contributed by atoms with Crippen LogP contribution in [0, 0.1) is 6.92 Å². The fourth-order valence-corrected chi connectivity index (χ4v) is 1.63. The third-order valence-corrected chi connectivity index (χ3v) is 2.71. The second kappa shape index (κ2) is 4.40. The van der Waals surface area contributed by atoms with E-state index in [-0.39, 0.29) is 11.8 Å².